The lowest BCUT2D eigenvalue weighted by Crippen LogP contribution is -2.74. The number of nitrogens with zero attached hydrogens (tertiary/aromatic N) is 2. The predicted octanol–water partition coefficient (Wildman–Crippen LogP) is 12.8. The third-order valence-electron chi connectivity index (χ3n) is 13.4. The van der Waals surface area contributed by atoms with Gasteiger partial charge in [0.05, 0.1) is 27.5 Å². The summed E-state index contributed by atoms with van der Waals surface area (Å²) in [7, 11) is -3.00. The van der Waals surface area contributed by atoms with E-state index in [1.165, 1.54) is 75.5 Å². The van der Waals surface area contributed by atoms with E-state index in [4.69, 9.17) is 4.42 Å². The van der Waals surface area contributed by atoms with Gasteiger partial charge in [-0.25, -0.2) is 0 Å². The Morgan fingerprint density at radius 2 is 0.828 bits per heavy atom. The molecule has 0 amide bonds. The third-order valence-corrected chi connectivity index (χ3v) is 18.2. The van der Waals surface area contributed by atoms with E-state index in [1.807, 2.05) is 0 Å². The minimum Gasteiger partial charge on any atom is -0.456 e. The Morgan fingerprint density at radius 1 is 0.297 bits per heavy atom. The fraction of sp³-hybridized carbons (Fsp3) is 0. The van der Waals surface area contributed by atoms with Crippen molar-refractivity contribution in [2.75, 3.05) is 0 Å². The van der Waals surface area contributed by atoms with E-state index < -0.39 is 8.07 Å². The molecule has 0 aliphatic heterocycles. The maximum atomic E-state index is 6.51. The topological polar surface area (TPSA) is 23.0 Å². The number of furan rings is 1. The molecule has 0 radical (unpaired) electrons. The van der Waals surface area contributed by atoms with Crippen LogP contribution in [0.4, 0.5) is 0 Å². The van der Waals surface area contributed by atoms with Crippen LogP contribution < -0.4 is 20.7 Å². The molecule has 0 N–H and O–H groups in total. The first-order valence-electron chi connectivity index (χ1n) is 22.0. The summed E-state index contributed by atoms with van der Waals surface area (Å²) in [6, 6.07) is 89.4. The minimum absolute atomic E-state index is 0.894. The molecule has 64 heavy (non-hydrogen) atoms. The van der Waals surface area contributed by atoms with Crippen LogP contribution in [0.1, 0.15) is 0 Å². The standard InChI is InChI=1S/C60H40N2OSi/c1-4-19-43(20-5-1)61-54-31-13-11-29-50(54)53-39-42(34-36-56(53)61)41-18-16-26-47(38-41)64(45-22-6-2-7-23-45,46-24-8-3-9-25-46)48-27-17-21-44(40-48)62-55-32-14-10-28-49(55)51-35-37-58-59(60(51)62)52-30-12-15-33-57(52)63-58/h1-40H. The molecule has 0 saturated heterocycles. The van der Waals surface area contributed by atoms with Crippen LogP contribution in [0.3, 0.4) is 0 Å². The summed E-state index contributed by atoms with van der Waals surface area (Å²) in [5.41, 5.74) is 11.2. The molecule has 0 atom stereocenters. The summed E-state index contributed by atoms with van der Waals surface area (Å²) >= 11 is 0. The van der Waals surface area contributed by atoms with E-state index in [-0.39, 0.29) is 0 Å². The number of hydrogen-bond acceptors (Lipinski definition) is 1. The zero-order valence-corrected chi connectivity index (χ0v) is 35.9. The molecule has 13 aromatic rings. The van der Waals surface area contributed by atoms with Crippen LogP contribution in [-0.4, -0.2) is 17.2 Å². The van der Waals surface area contributed by atoms with Crippen LogP contribution in [0.15, 0.2) is 247 Å². The first-order valence-corrected chi connectivity index (χ1v) is 24.0. The van der Waals surface area contributed by atoms with E-state index >= 15 is 0 Å². The molecule has 0 fully saturated rings. The molecule has 13 rings (SSSR count). The summed E-state index contributed by atoms with van der Waals surface area (Å²) in [5.74, 6) is 0. The Labute approximate surface area is 371 Å². The number of benzene rings is 10. The van der Waals surface area contributed by atoms with Gasteiger partial charge in [0.2, 0.25) is 0 Å². The number of fused-ring (bicyclic) bond motifs is 10. The monoisotopic (exact) mass is 832 g/mol. The highest BCUT2D eigenvalue weighted by Crippen LogP contribution is 2.41. The van der Waals surface area contributed by atoms with Crippen LogP contribution >= 0.6 is 0 Å². The second-order valence-corrected chi connectivity index (χ2v) is 20.6. The van der Waals surface area contributed by atoms with E-state index in [2.05, 4.69) is 252 Å². The summed E-state index contributed by atoms with van der Waals surface area (Å²) in [6.45, 7) is 0. The summed E-state index contributed by atoms with van der Waals surface area (Å²) in [6.07, 6.45) is 0. The molecule has 3 heterocycles. The van der Waals surface area contributed by atoms with Crippen LogP contribution in [0, 0.1) is 0 Å². The molecule has 4 heteroatoms. The lowest BCUT2D eigenvalue weighted by molar-refractivity contribution is 0.669. The lowest BCUT2D eigenvalue weighted by atomic mass is 10.0. The van der Waals surface area contributed by atoms with Crippen molar-refractivity contribution >= 4 is 94.4 Å². The molecular weight excluding hydrogens is 793 g/mol. The SMILES string of the molecule is c1ccc(-n2c3ccccc3c3cc(-c4cccc([Si](c5ccccc5)(c5ccccc5)c5cccc(-n6c7ccccc7c7ccc8oc9ccccc9c8c76)c5)c4)ccc32)cc1. The van der Waals surface area contributed by atoms with Gasteiger partial charge < -0.3 is 13.6 Å². The summed E-state index contributed by atoms with van der Waals surface area (Å²) in [5, 5.41) is 12.5. The Balaban J connectivity index is 1.06. The zero-order chi connectivity index (χ0) is 42.2. The highest BCUT2D eigenvalue weighted by atomic mass is 28.3. The van der Waals surface area contributed by atoms with Crippen molar-refractivity contribution in [3.05, 3.63) is 243 Å². The van der Waals surface area contributed by atoms with Gasteiger partial charge in [-0.05, 0) is 98.6 Å². The highest BCUT2D eigenvalue weighted by Gasteiger charge is 2.42. The third kappa shape index (κ3) is 5.39. The maximum Gasteiger partial charge on any atom is 0.179 e. The van der Waals surface area contributed by atoms with Crippen LogP contribution in [0.5, 0.6) is 0 Å². The molecule has 0 saturated carbocycles. The molecule has 10 aromatic carbocycles. The van der Waals surface area contributed by atoms with Gasteiger partial charge in [-0.15, -0.1) is 0 Å². The average molecular weight is 833 g/mol. The van der Waals surface area contributed by atoms with Gasteiger partial charge in [0, 0.05) is 38.3 Å². The van der Waals surface area contributed by atoms with Crippen molar-refractivity contribution in [2.45, 2.75) is 0 Å². The first kappa shape index (κ1) is 36.5. The van der Waals surface area contributed by atoms with Crippen LogP contribution in [0.25, 0.3) is 88.1 Å². The van der Waals surface area contributed by atoms with Crippen molar-refractivity contribution in [3.8, 4) is 22.5 Å². The van der Waals surface area contributed by atoms with Gasteiger partial charge in [-0.2, -0.15) is 0 Å². The fourth-order valence-corrected chi connectivity index (χ4v) is 15.5. The number of para-hydroxylation sites is 4. The van der Waals surface area contributed by atoms with Crippen LogP contribution in [0.2, 0.25) is 0 Å². The molecule has 3 nitrogen and oxygen atoms in total. The Bertz CT molecular complexity index is 3860. The van der Waals surface area contributed by atoms with E-state index in [9.17, 15) is 0 Å². The molecule has 0 aliphatic carbocycles. The second-order valence-electron chi connectivity index (χ2n) is 16.8. The predicted molar refractivity (Wildman–Crippen MR) is 271 cm³/mol. The second kappa shape index (κ2) is 14.5. The van der Waals surface area contributed by atoms with Gasteiger partial charge >= 0.3 is 0 Å². The summed E-state index contributed by atoms with van der Waals surface area (Å²) < 4.78 is 11.4. The van der Waals surface area contributed by atoms with Crippen molar-refractivity contribution in [2.24, 2.45) is 0 Å². The van der Waals surface area contributed by atoms with Gasteiger partial charge in [0.15, 0.2) is 8.07 Å². The number of rotatable bonds is 7. The molecule has 0 unspecified atom stereocenters. The van der Waals surface area contributed by atoms with Gasteiger partial charge in [0.1, 0.15) is 11.2 Å². The Hall–Kier alpha value is -8.18. The maximum absolute atomic E-state index is 6.51. The quantitative estimate of drug-likeness (QED) is 0.116. The molecule has 3 aromatic heterocycles. The number of hydrogen-bond donors (Lipinski definition) is 0. The van der Waals surface area contributed by atoms with Crippen LogP contribution in [-0.2, 0) is 0 Å². The van der Waals surface area contributed by atoms with Crippen molar-refractivity contribution in [1.82, 2.24) is 9.13 Å². The summed E-state index contributed by atoms with van der Waals surface area (Å²) in [4.78, 5) is 0. The number of aromatic nitrogens is 2. The van der Waals surface area contributed by atoms with Crippen molar-refractivity contribution in [3.63, 3.8) is 0 Å². The minimum atomic E-state index is -3.00. The molecule has 0 aliphatic rings. The Kier molecular flexibility index (Phi) is 8.23. The molecule has 0 bridgehead atoms. The smallest absolute Gasteiger partial charge is 0.179 e. The van der Waals surface area contributed by atoms with Gasteiger partial charge in [-0.1, -0.05) is 176 Å². The Morgan fingerprint density at radius 3 is 1.56 bits per heavy atom. The lowest BCUT2D eigenvalue weighted by Gasteiger charge is -2.35. The van der Waals surface area contributed by atoms with Gasteiger partial charge in [-0.3, -0.25) is 0 Å². The first-order chi connectivity index (χ1) is 31.8. The van der Waals surface area contributed by atoms with E-state index in [0.717, 1.165) is 33.3 Å². The average Bonchev–Trinajstić information content (AvgIpc) is 4.03. The molecular formula is C60H40N2OSi. The highest BCUT2D eigenvalue weighted by molar-refractivity contribution is 7.20. The van der Waals surface area contributed by atoms with E-state index in [1.54, 1.807) is 0 Å². The largest absolute Gasteiger partial charge is 0.456 e. The van der Waals surface area contributed by atoms with Crippen molar-refractivity contribution < 1.29 is 4.42 Å². The van der Waals surface area contributed by atoms with Gasteiger partial charge in [0.25, 0.3) is 0 Å². The fourth-order valence-electron chi connectivity index (χ4n) is 10.7. The molecule has 0 spiro atoms. The normalized spacial score (nSPS) is 12.1. The molecule has 300 valence electrons. The zero-order valence-electron chi connectivity index (χ0n) is 34.9. The van der Waals surface area contributed by atoms with E-state index in [0.29, 0.717) is 0 Å². The van der Waals surface area contributed by atoms with Crippen molar-refractivity contribution in [1.29, 1.82) is 0 Å².